The van der Waals surface area contributed by atoms with Gasteiger partial charge in [0, 0.05) is 25.1 Å². The number of anilines is 2. The van der Waals surface area contributed by atoms with Crippen LogP contribution in [-0.2, 0) is 0 Å². The van der Waals surface area contributed by atoms with E-state index in [0.29, 0.717) is 17.9 Å². The molecule has 7 heteroatoms. The zero-order valence-corrected chi connectivity index (χ0v) is 14.8. The van der Waals surface area contributed by atoms with E-state index in [1.54, 1.807) is 0 Å². The Morgan fingerprint density at radius 3 is 2.80 bits per heavy atom. The first kappa shape index (κ1) is 16.3. The quantitative estimate of drug-likeness (QED) is 0.670. The number of rotatable bonds is 7. The smallest absolute Gasteiger partial charge is 0.226 e. The maximum atomic E-state index is 9.39. The minimum absolute atomic E-state index is 0.184. The largest absolute Gasteiger partial charge is 0.396 e. The second-order valence-corrected chi connectivity index (χ2v) is 7.54. The fourth-order valence-corrected chi connectivity index (χ4v) is 3.15. The molecule has 2 heterocycles. The van der Waals surface area contributed by atoms with Gasteiger partial charge in [-0.2, -0.15) is 9.97 Å². The predicted molar refractivity (Wildman–Crippen MR) is 98.7 cm³/mol. The molecule has 2 aliphatic rings. The number of hydrogen-bond donors (Lipinski definition) is 3. The maximum absolute atomic E-state index is 9.39. The van der Waals surface area contributed by atoms with Gasteiger partial charge in [-0.25, -0.2) is 4.98 Å². The Kier molecular flexibility index (Phi) is 4.33. The van der Waals surface area contributed by atoms with Crippen LogP contribution in [0.2, 0.25) is 0 Å². The highest BCUT2D eigenvalue weighted by molar-refractivity contribution is 5.84. The Bertz CT molecular complexity index is 779. The molecule has 0 radical (unpaired) electrons. The van der Waals surface area contributed by atoms with Gasteiger partial charge in [0.1, 0.15) is 0 Å². The van der Waals surface area contributed by atoms with E-state index in [-0.39, 0.29) is 18.6 Å². The molecular formula is C18H26N6O. The molecule has 0 amide bonds. The number of hydrogen-bond acceptors (Lipinski definition) is 6. The van der Waals surface area contributed by atoms with Gasteiger partial charge in [-0.05, 0) is 25.2 Å². The number of nitrogens with one attached hydrogen (secondary N) is 2. The predicted octanol–water partition coefficient (Wildman–Crippen LogP) is 2.58. The molecule has 4 rings (SSSR count). The Labute approximate surface area is 147 Å². The summed E-state index contributed by atoms with van der Waals surface area (Å²) >= 11 is 0. The van der Waals surface area contributed by atoms with E-state index in [9.17, 15) is 5.11 Å². The van der Waals surface area contributed by atoms with Crippen LogP contribution in [0, 0.1) is 11.8 Å². The lowest BCUT2D eigenvalue weighted by atomic mass is 10.1. The van der Waals surface area contributed by atoms with Crippen LogP contribution in [0.1, 0.15) is 39.2 Å². The average molecular weight is 342 g/mol. The molecule has 0 aliphatic heterocycles. The summed E-state index contributed by atoms with van der Waals surface area (Å²) in [5.41, 5.74) is 1.67. The first-order valence-corrected chi connectivity index (χ1v) is 9.18. The summed E-state index contributed by atoms with van der Waals surface area (Å²) in [5, 5.41) is 16.2. The number of allylic oxidation sites excluding steroid dienone is 1. The second-order valence-electron chi connectivity index (χ2n) is 7.54. The van der Waals surface area contributed by atoms with Gasteiger partial charge >= 0.3 is 0 Å². The van der Waals surface area contributed by atoms with E-state index in [4.69, 9.17) is 4.98 Å². The molecule has 0 saturated heterocycles. The highest BCUT2D eigenvalue weighted by Crippen LogP contribution is 2.33. The van der Waals surface area contributed by atoms with Crippen molar-refractivity contribution < 1.29 is 5.11 Å². The van der Waals surface area contributed by atoms with E-state index in [2.05, 4.69) is 51.2 Å². The highest BCUT2D eigenvalue weighted by atomic mass is 16.3. The Hall–Kier alpha value is -2.15. The third-order valence-electron chi connectivity index (χ3n) is 4.75. The molecule has 25 heavy (non-hydrogen) atoms. The number of aromatic nitrogens is 4. The summed E-state index contributed by atoms with van der Waals surface area (Å²) in [6, 6.07) is 0.690. The summed E-state index contributed by atoms with van der Waals surface area (Å²) in [6.07, 6.45) is 9.32. The highest BCUT2D eigenvalue weighted by Gasteiger charge is 2.26. The van der Waals surface area contributed by atoms with Crippen molar-refractivity contribution in [2.24, 2.45) is 11.8 Å². The van der Waals surface area contributed by atoms with Gasteiger partial charge < -0.3 is 20.3 Å². The van der Waals surface area contributed by atoms with Gasteiger partial charge in [0.15, 0.2) is 17.0 Å². The molecule has 134 valence electrons. The Morgan fingerprint density at radius 2 is 2.12 bits per heavy atom. The van der Waals surface area contributed by atoms with E-state index >= 15 is 0 Å². The van der Waals surface area contributed by atoms with Crippen LogP contribution >= 0.6 is 0 Å². The van der Waals surface area contributed by atoms with Crippen LogP contribution in [0.25, 0.3) is 11.2 Å². The molecule has 0 bridgehead atoms. The van der Waals surface area contributed by atoms with E-state index in [1.807, 2.05) is 6.33 Å². The normalized spacial score (nSPS) is 22.9. The van der Waals surface area contributed by atoms with Crippen molar-refractivity contribution in [1.29, 1.82) is 0 Å². The lowest BCUT2D eigenvalue weighted by molar-refractivity contribution is 0.244. The molecule has 0 unspecified atom stereocenters. The first-order chi connectivity index (χ1) is 12.1. The van der Waals surface area contributed by atoms with Gasteiger partial charge in [-0.1, -0.05) is 26.0 Å². The van der Waals surface area contributed by atoms with Crippen LogP contribution in [-0.4, -0.2) is 43.8 Å². The second kappa shape index (κ2) is 6.63. The van der Waals surface area contributed by atoms with E-state index in [0.717, 1.165) is 29.9 Å². The summed E-state index contributed by atoms with van der Waals surface area (Å²) in [5.74, 6) is 2.20. The summed E-state index contributed by atoms with van der Waals surface area (Å²) in [6.45, 7) is 5.34. The van der Waals surface area contributed by atoms with Crippen LogP contribution in [0.3, 0.4) is 0 Å². The monoisotopic (exact) mass is 342 g/mol. The minimum Gasteiger partial charge on any atom is -0.396 e. The first-order valence-electron chi connectivity index (χ1n) is 9.18. The Balaban J connectivity index is 1.69. The van der Waals surface area contributed by atoms with Crippen molar-refractivity contribution in [3.8, 4) is 0 Å². The average Bonchev–Trinajstić information content (AvgIpc) is 3.11. The number of nitrogens with zero attached hydrogens (tertiary/aromatic N) is 4. The third kappa shape index (κ3) is 3.46. The topological polar surface area (TPSA) is 87.9 Å². The molecule has 7 nitrogen and oxygen atoms in total. The fourth-order valence-electron chi connectivity index (χ4n) is 3.15. The van der Waals surface area contributed by atoms with Crippen molar-refractivity contribution in [3.63, 3.8) is 0 Å². The van der Waals surface area contributed by atoms with Gasteiger partial charge in [-0.3, -0.25) is 0 Å². The molecule has 2 aliphatic carbocycles. The van der Waals surface area contributed by atoms with Crippen LogP contribution < -0.4 is 10.6 Å². The molecule has 0 spiro atoms. The van der Waals surface area contributed by atoms with Crippen LogP contribution in [0.4, 0.5) is 11.8 Å². The summed E-state index contributed by atoms with van der Waals surface area (Å²) < 4.78 is 2.10. The molecule has 3 N–H and O–H groups in total. The fraction of sp³-hybridized carbons (Fsp3) is 0.611. The molecule has 2 atom stereocenters. The summed E-state index contributed by atoms with van der Waals surface area (Å²) in [7, 11) is 0. The van der Waals surface area contributed by atoms with Crippen molar-refractivity contribution in [1.82, 2.24) is 19.5 Å². The van der Waals surface area contributed by atoms with Crippen molar-refractivity contribution in [3.05, 3.63) is 18.5 Å². The van der Waals surface area contributed by atoms with Crippen LogP contribution in [0.15, 0.2) is 18.5 Å². The van der Waals surface area contributed by atoms with Gasteiger partial charge in [0.05, 0.1) is 12.4 Å². The van der Waals surface area contributed by atoms with Crippen molar-refractivity contribution >= 4 is 22.9 Å². The van der Waals surface area contributed by atoms with E-state index < -0.39 is 0 Å². The Morgan fingerprint density at radius 1 is 1.28 bits per heavy atom. The summed E-state index contributed by atoms with van der Waals surface area (Å²) in [4.78, 5) is 14.0. The number of aliphatic hydroxyl groups is 1. The molecule has 2 aromatic heterocycles. The van der Waals surface area contributed by atoms with Gasteiger partial charge in [0.2, 0.25) is 5.95 Å². The maximum Gasteiger partial charge on any atom is 0.226 e. The lowest BCUT2D eigenvalue weighted by Crippen LogP contribution is -2.14. The molecular weight excluding hydrogens is 316 g/mol. The third-order valence-corrected chi connectivity index (χ3v) is 4.75. The minimum atomic E-state index is 0.184. The zero-order chi connectivity index (χ0) is 17.4. The number of imidazole rings is 1. The lowest BCUT2D eigenvalue weighted by Gasteiger charge is -2.14. The SMILES string of the molecule is CC(C)CNc1nc(NC2CC2)c2ncn([C@H]3C=C[C@@H](CO)C3)c2n1. The van der Waals surface area contributed by atoms with Crippen molar-refractivity contribution in [2.45, 2.75) is 45.2 Å². The van der Waals surface area contributed by atoms with Gasteiger partial charge in [0.25, 0.3) is 0 Å². The van der Waals surface area contributed by atoms with Crippen molar-refractivity contribution in [2.75, 3.05) is 23.8 Å². The molecule has 1 saturated carbocycles. The van der Waals surface area contributed by atoms with Gasteiger partial charge in [-0.15, -0.1) is 0 Å². The molecule has 2 aromatic rings. The zero-order valence-electron chi connectivity index (χ0n) is 14.8. The molecule has 0 aromatic carbocycles. The van der Waals surface area contributed by atoms with E-state index in [1.165, 1.54) is 12.8 Å². The molecule has 1 fully saturated rings. The number of fused-ring (bicyclic) bond motifs is 1. The number of aliphatic hydroxyl groups excluding tert-OH is 1. The van der Waals surface area contributed by atoms with Crippen LogP contribution in [0.5, 0.6) is 0 Å². The standard InChI is InChI=1S/C18H26N6O/c1-11(2)8-19-18-22-16(21-13-4-5-13)15-17(23-18)24(10-20-15)14-6-3-12(7-14)9-25/h3,6,10-14,25H,4-5,7-9H2,1-2H3,(H2,19,21,22,23)/t12-,14+/m1/s1.